The summed E-state index contributed by atoms with van der Waals surface area (Å²) >= 11 is 2.82. The van der Waals surface area contributed by atoms with E-state index in [1.165, 1.54) is 18.2 Å². The monoisotopic (exact) mass is 474 g/mol. The molecule has 1 fully saturated rings. The highest BCUT2D eigenvalue weighted by Gasteiger charge is 2.46. The van der Waals surface area contributed by atoms with Crippen molar-refractivity contribution in [1.82, 2.24) is 0 Å². The third kappa shape index (κ3) is 4.22. The number of aryl methyl sites for hydroxylation is 1. The van der Waals surface area contributed by atoms with Gasteiger partial charge in [-0.3, -0.25) is 0 Å². The van der Waals surface area contributed by atoms with E-state index in [0.29, 0.717) is 22.3 Å². The van der Waals surface area contributed by atoms with E-state index >= 15 is 0 Å². The molecule has 1 heterocycles. The van der Waals surface area contributed by atoms with E-state index in [0.717, 1.165) is 0 Å². The van der Waals surface area contributed by atoms with E-state index in [4.69, 9.17) is 4.74 Å². The molecule has 0 spiro atoms. The minimum Gasteiger partial charge on any atom is -0.394 e. The van der Waals surface area contributed by atoms with Crippen molar-refractivity contribution in [2.24, 2.45) is 0 Å². The minimum atomic E-state index is -1.60. The Labute approximate surface area is 174 Å². The molecule has 0 aromatic heterocycles. The second-order valence-electron chi connectivity index (χ2n) is 7.06. The van der Waals surface area contributed by atoms with Crippen LogP contribution >= 0.6 is 15.9 Å². The molecule has 0 radical (unpaired) electrons. The molecule has 1 saturated heterocycles. The molecule has 2 aromatic rings. The predicted molar refractivity (Wildman–Crippen MR) is 103 cm³/mol. The van der Waals surface area contributed by atoms with E-state index in [-0.39, 0.29) is 4.47 Å². The smallest absolute Gasteiger partial charge is 0.140 e. The average molecular weight is 475 g/mol. The lowest BCUT2D eigenvalue weighted by Gasteiger charge is -2.42. The summed E-state index contributed by atoms with van der Waals surface area (Å²) in [4.78, 5) is 0. The molecule has 2 unspecified atom stereocenters. The fourth-order valence-corrected chi connectivity index (χ4v) is 3.71. The molecule has 0 aliphatic carbocycles. The first kappa shape index (κ1) is 22.2. The Balaban J connectivity index is 1.90. The highest BCUT2D eigenvalue weighted by atomic mass is 79.9. The molecular formula is C20H21BrF2O6. The number of hydrogen-bond donors (Lipinski definition) is 5. The summed E-state index contributed by atoms with van der Waals surface area (Å²) in [7, 11) is 0. The zero-order valence-electron chi connectivity index (χ0n) is 15.3. The highest BCUT2D eigenvalue weighted by Crippen LogP contribution is 2.34. The third-order valence-electron chi connectivity index (χ3n) is 5.15. The van der Waals surface area contributed by atoms with Gasteiger partial charge < -0.3 is 30.3 Å². The van der Waals surface area contributed by atoms with Gasteiger partial charge in [-0.2, -0.15) is 0 Å². The standard InChI is InChI=1S/C20H21BrF2O6/c1-8-4-9(10-5-12(22)15(21)13(23)6-10)2-3-11(8)16(25)20-19(28)18(27)17(26)14(7-24)29-20/h2-6,14,16-20,24-28H,7H2,1H3/t14?,16-,17-,18+,19?,20-/m1/s1. The zero-order chi connectivity index (χ0) is 21.5. The van der Waals surface area contributed by atoms with Crippen molar-refractivity contribution >= 4 is 15.9 Å². The zero-order valence-corrected chi connectivity index (χ0v) is 16.9. The maximum absolute atomic E-state index is 13.8. The van der Waals surface area contributed by atoms with E-state index < -0.39 is 54.9 Å². The van der Waals surface area contributed by atoms with Gasteiger partial charge in [-0.1, -0.05) is 18.2 Å². The Kier molecular flexibility index (Phi) is 6.69. The summed E-state index contributed by atoms with van der Waals surface area (Å²) in [6.07, 6.45) is -8.53. The van der Waals surface area contributed by atoms with Gasteiger partial charge in [-0.25, -0.2) is 8.78 Å². The maximum atomic E-state index is 13.8. The van der Waals surface area contributed by atoms with Crippen LogP contribution in [0.2, 0.25) is 0 Å². The predicted octanol–water partition coefficient (Wildman–Crippen LogP) is 1.58. The van der Waals surface area contributed by atoms with Crippen molar-refractivity contribution in [3.63, 3.8) is 0 Å². The molecule has 29 heavy (non-hydrogen) atoms. The van der Waals surface area contributed by atoms with E-state index in [1.807, 2.05) is 0 Å². The first-order valence-corrected chi connectivity index (χ1v) is 9.69. The quantitative estimate of drug-likeness (QED) is 0.430. The molecule has 5 N–H and O–H groups in total. The Hall–Kier alpha value is -1.46. The molecule has 0 saturated carbocycles. The van der Waals surface area contributed by atoms with Gasteiger partial charge in [-0.05, 0) is 57.2 Å². The van der Waals surface area contributed by atoms with Crippen LogP contribution in [0.15, 0.2) is 34.8 Å². The second kappa shape index (κ2) is 8.73. The van der Waals surface area contributed by atoms with Crippen LogP contribution in [0.1, 0.15) is 17.2 Å². The van der Waals surface area contributed by atoms with Crippen molar-refractivity contribution in [3.8, 4) is 11.1 Å². The lowest BCUT2D eigenvalue weighted by molar-refractivity contribution is -0.250. The van der Waals surface area contributed by atoms with Gasteiger partial charge in [0.15, 0.2) is 0 Å². The van der Waals surface area contributed by atoms with Gasteiger partial charge in [0, 0.05) is 0 Å². The summed E-state index contributed by atoms with van der Waals surface area (Å²) in [5.74, 6) is -1.49. The topological polar surface area (TPSA) is 110 Å². The summed E-state index contributed by atoms with van der Waals surface area (Å²) in [5.41, 5.74) is 1.73. The SMILES string of the molecule is Cc1cc(-c2cc(F)c(Br)c(F)c2)ccc1[C@@H](O)[C@H]1OC(CO)[C@@H](O)[C@H](O)C1O. The van der Waals surface area contributed by atoms with Crippen molar-refractivity contribution in [2.45, 2.75) is 43.5 Å². The van der Waals surface area contributed by atoms with Crippen molar-refractivity contribution in [1.29, 1.82) is 0 Å². The Morgan fingerprint density at radius 2 is 1.62 bits per heavy atom. The van der Waals surface area contributed by atoms with Crippen LogP contribution < -0.4 is 0 Å². The number of rotatable bonds is 4. The number of ether oxygens (including phenoxy) is 1. The number of aliphatic hydroxyl groups is 5. The van der Waals surface area contributed by atoms with Gasteiger partial charge in [0.2, 0.25) is 0 Å². The number of aliphatic hydroxyl groups excluding tert-OH is 5. The summed E-state index contributed by atoms with van der Waals surface area (Å²) < 4.78 is 32.8. The van der Waals surface area contributed by atoms with Crippen molar-refractivity contribution < 1.29 is 39.1 Å². The van der Waals surface area contributed by atoms with Crippen LogP contribution in [-0.2, 0) is 4.74 Å². The first-order valence-electron chi connectivity index (χ1n) is 8.89. The number of halogens is 3. The Bertz CT molecular complexity index is 870. The van der Waals surface area contributed by atoms with Crippen molar-refractivity contribution in [3.05, 3.63) is 57.6 Å². The fourth-order valence-electron chi connectivity index (χ4n) is 3.48. The first-order chi connectivity index (χ1) is 13.6. The van der Waals surface area contributed by atoms with Crippen LogP contribution in [0, 0.1) is 18.6 Å². The largest absolute Gasteiger partial charge is 0.394 e. The molecule has 3 rings (SSSR count). The van der Waals surface area contributed by atoms with Crippen LogP contribution in [0.3, 0.4) is 0 Å². The van der Waals surface area contributed by atoms with Gasteiger partial charge in [0.05, 0.1) is 11.1 Å². The molecule has 0 amide bonds. The van der Waals surface area contributed by atoms with Crippen LogP contribution in [0.4, 0.5) is 8.78 Å². The molecule has 0 bridgehead atoms. The number of benzene rings is 2. The van der Waals surface area contributed by atoms with Gasteiger partial charge >= 0.3 is 0 Å². The normalized spacial score (nSPS) is 28.4. The average Bonchev–Trinajstić information content (AvgIpc) is 2.69. The molecule has 6 nitrogen and oxygen atoms in total. The second-order valence-corrected chi connectivity index (χ2v) is 7.86. The number of hydrogen-bond acceptors (Lipinski definition) is 6. The van der Waals surface area contributed by atoms with Gasteiger partial charge in [-0.15, -0.1) is 0 Å². The maximum Gasteiger partial charge on any atom is 0.140 e. The Morgan fingerprint density at radius 3 is 2.17 bits per heavy atom. The van der Waals surface area contributed by atoms with E-state index in [2.05, 4.69) is 15.9 Å². The molecule has 1 aliphatic rings. The third-order valence-corrected chi connectivity index (χ3v) is 5.90. The summed E-state index contributed by atoms with van der Waals surface area (Å²) in [6.45, 7) is 1.06. The molecule has 2 aromatic carbocycles. The minimum absolute atomic E-state index is 0.257. The Morgan fingerprint density at radius 1 is 1.00 bits per heavy atom. The van der Waals surface area contributed by atoms with Gasteiger partial charge in [0.1, 0.15) is 48.3 Å². The van der Waals surface area contributed by atoms with E-state index in [9.17, 15) is 34.3 Å². The highest BCUT2D eigenvalue weighted by molar-refractivity contribution is 9.10. The van der Waals surface area contributed by atoms with Crippen LogP contribution in [-0.4, -0.2) is 62.7 Å². The van der Waals surface area contributed by atoms with Crippen LogP contribution in [0.5, 0.6) is 0 Å². The lowest BCUT2D eigenvalue weighted by atomic mass is 9.88. The van der Waals surface area contributed by atoms with E-state index in [1.54, 1.807) is 19.1 Å². The fraction of sp³-hybridized carbons (Fsp3) is 0.400. The summed E-state index contributed by atoms with van der Waals surface area (Å²) in [5, 5.41) is 50.0. The molecule has 158 valence electrons. The van der Waals surface area contributed by atoms with Crippen LogP contribution in [0.25, 0.3) is 11.1 Å². The molecular weight excluding hydrogens is 454 g/mol. The molecule has 1 aliphatic heterocycles. The lowest BCUT2D eigenvalue weighted by Crippen LogP contribution is -2.59. The molecule has 6 atom stereocenters. The molecule has 9 heteroatoms. The summed E-state index contributed by atoms with van der Waals surface area (Å²) in [6, 6.07) is 7.04. The van der Waals surface area contributed by atoms with Gasteiger partial charge in [0.25, 0.3) is 0 Å². The van der Waals surface area contributed by atoms with Crippen molar-refractivity contribution in [2.75, 3.05) is 6.61 Å².